The van der Waals surface area contributed by atoms with Gasteiger partial charge in [-0.2, -0.15) is 0 Å². The number of hydrogen-bond acceptors (Lipinski definition) is 2. The molecule has 1 saturated heterocycles. The average Bonchev–Trinajstić information content (AvgIpc) is 1.68. The average molecular weight is 1300 g/mol. The van der Waals surface area contributed by atoms with E-state index < -0.39 is 7.12 Å². The third kappa shape index (κ3) is 7.64. The maximum Gasteiger partial charge on any atom is 0.494 e. The normalized spacial score (nSPS) is 15.8. The molecule has 0 unspecified atom stereocenters. The van der Waals surface area contributed by atoms with Crippen molar-refractivity contribution in [3.05, 3.63) is 312 Å². The molecule has 0 atom stereocenters. The molecule has 0 saturated carbocycles. The second-order valence-electron chi connectivity index (χ2n) is 23.2. The molecule has 17 rings (SSSR count). The first-order chi connectivity index (χ1) is 39.9. The summed E-state index contributed by atoms with van der Waals surface area (Å²) in [5.41, 5.74) is 23.6. The van der Waals surface area contributed by atoms with Gasteiger partial charge in [-0.05, 0) is 220 Å². The minimum atomic E-state index is -0.408. The number of benzene rings is 12. The fourth-order valence-electron chi connectivity index (χ4n) is 14.2. The quantitative estimate of drug-likeness (QED) is 0.127. The van der Waals surface area contributed by atoms with Crippen molar-refractivity contribution in [1.82, 2.24) is 0 Å². The topological polar surface area (TPSA) is 18.5 Å². The van der Waals surface area contributed by atoms with E-state index in [1.165, 1.54) is 125 Å². The van der Waals surface area contributed by atoms with E-state index in [1.807, 2.05) is 12.1 Å². The van der Waals surface area contributed by atoms with Crippen LogP contribution in [0.5, 0.6) is 0 Å². The summed E-state index contributed by atoms with van der Waals surface area (Å²) in [7, 11) is -0.408. The second kappa shape index (κ2) is 19.5. The number of rotatable bonds is 2. The van der Waals surface area contributed by atoms with E-state index in [9.17, 15) is 0 Å². The van der Waals surface area contributed by atoms with Crippen LogP contribution in [-0.2, 0) is 20.1 Å². The summed E-state index contributed by atoms with van der Waals surface area (Å²) >= 11 is 9.21. The Morgan fingerprint density at radius 3 is 1.16 bits per heavy atom. The van der Waals surface area contributed by atoms with Crippen molar-refractivity contribution in [2.45, 2.75) is 49.7 Å². The Morgan fingerprint density at radius 2 is 0.707 bits per heavy atom. The Labute approximate surface area is 510 Å². The van der Waals surface area contributed by atoms with Crippen LogP contribution in [0.2, 0.25) is 0 Å². The first-order valence-corrected chi connectivity index (χ1v) is 30.8. The molecule has 0 N–H and O–H groups in total. The Kier molecular flexibility index (Phi) is 12.3. The number of hydrogen-bond donors (Lipinski definition) is 0. The molecule has 394 valence electrons. The van der Waals surface area contributed by atoms with Crippen LogP contribution in [-0.4, -0.2) is 18.3 Å². The maximum absolute atomic E-state index is 6.53. The highest BCUT2D eigenvalue weighted by Crippen LogP contribution is 2.66. The van der Waals surface area contributed by atoms with Crippen molar-refractivity contribution in [3.63, 3.8) is 0 Å². The molecule has 4 aliphatic carbocycles. The molecule has 6 heteroatoms. The molecular formula is C76H54BBr2IO2. The predicted octanol–water partition coefficient (Wildman–Crippen LogP) is 20.1. The Balaban J connectivity index is 0.000000124. The summed E-state index contributed by atoms with van der Waals surface area (Å²) in [6, 6.07) is 93.6. The van der Waals surface area contributed by atoms with E-state index in [4.69, 9.17) is 9.31 Å². The molecule has 0 amide bonds. The van der Waals surface area contributed by atoms with E-state index in [2.05, 4.69) is 325 Å². The van der Waals surface area contributed by atoms with Gasteiger partial charge in [-0.25, -0.2) is 0 Å². The minimum Gasteiger partial charge on any atom is -0.399 e. The summed E-state index contributed by atoms with van der Waals surface area (Å²) in [6.07, 6.45) is 0. The first-order valence-electron chi connectivity index (χ1n) is 28.1. The maximum atomic E-state index is 6.53. The van der Waals surface area contributed by atoms with Gasteiger partial charge in [0, 0.05) is 12.5 Å². The number of fused-ring (bicyclic) bond motifs is 24. The van der Waals surface area contributed by atoms with Gasteiger partial charge in [-0.3, -0.25) is 0 Å². The highest BCUT2D eigenvalue weighted by molar-refractivity contribution is 14.1. The highest BCUT2D eigenvalue weighted by atomic mass is 127. The third-order valence-electron chi connectivity index (χ3n) is 18.5. The van der Waals surface area contributed by atoms with Crippen LogP contribution in [0.4, 0.5) is 0 Å². The lowest BCUT2D eigenvalue weighted by Crippen LogP contribution is -2.41. The molecule has 12 aromatic carbocycles. The smallest absolute Gasteiger partial charge is 0.399 e. The molecule has 82 heavy (non-hydrogen) atoms. The molecule has 0 radical (unpaired) electrons. The zero-order chi connectivity index (χ0) is 55.7. The first kappa shape index (κ1) is 51.7. The minimum absolute atomic E-state index is 0.326. The van der Waals surface area contributed by atoms with Crippen molar-refractivity contribution in [2.75, 3.05) is 0 Å². The van der Waals surface area contributed by atoms with Crippen molar-refractivity contribution >= 4 is 88.6 Å². The van der Waals surface area contributed by atoms with Gasteiger partial charge < -0.3 is 9.31 Å². The fourth-order valence-corrected chi connectivity index (χ4v) is 15.1. The Hall–Kier alpha value is -7.17. The molecule has 1 fully saturated rings. The van der Waals surface area contributed by atoms with Crippen LogP contribution in [0.25, 0.3) is 77.2 Å². The molecule has 2 nitrogen and oxygen atoms in total. The summed E-state index contributed by atoms with van der Waals surface area (Å²) in [4.78, 5) is 0. The summed E-state index contributed by atoms with van der Waals surface area (Å²) in [6.45, 7) is 8.47. The molecule has 0 aromatic heterocycles. The van der Waals surface area contributed by atoms with Crippen LogP contribution < -0.4 is 5.46 Å². The lowest BCUT2D eigenvalue weighted by atomic mass is 9.68. The molecule has 5 aliphatic rings. The van der Waals surface area contributed by atoms with Gasteiger partial charge >= 0.3 is 7.12 Å². The number of halogens is 3. The van der Waals surface area contributed by atoms with Crippen molar-refractivity contribution in [2.24, 2.45) is 0 Å². The fraction of sp³-hybridized carbons (Fsp3) is 0.105. The monoisotopic (exact) mass is 1290 g/mol. The molecule has 2 spiro atoms. The largest absolute Gasteiger partial charge is 0.494 e. The summed E-state index contributed by atoms with van der Waals surface area (Å²) in [5, 5.41) is 5.18. The lowest BCUT2D eigenvalue weighted by molar-refractivity contribution is 0.00578. The Bertz CT molecular complexity index is 4450. The van der Waals surface area contributed by atoms with Crippen LogP contribution in [0.1, 0.15) is 72.2 Å². The van der Waals surface area contributed by atoms with Gasteiger partial charge in [0.1, 0.15) is 0 Å². The molecule has 0 bridgehead atoms. The van der Waals surface area contributed by atoms with Crippen LogP contribution in [0, 0.1) is 3.57 Å². The summed E-state index contributed by atoms with van der Waals surface area (Å²) < 4.78 is 16.6. The SMILES string of the molecule is Brc1ccc(-c2ccc3c(c2)C2(c4ccccc4-c4ccccc42)c2ccc4ccccc4c2-3)cc1.Brc1ccc(I)cc1.CC1(C)OB(c2ccc3c(c2)C2(c4ccccc4-c4ccccc42)c2ccc4ccccc4c2-3)OC1(C)C. The van der Waals surface area contributed by atoms with E-state index in [-0.39, 0.29) is 22.0 Å². The molecule has 1 aliphatic heterocycles. The van der Waals surface area contributed by atoms with Crippen molar-refractivity contribution in [3.8, 4) is 55.6 Å². The molecular weight excluding hydrogens is 1240 g/mol. The second-order valence-corrected chi connectivity index (χ2v) is 26.3. The van der Waals surface area contributed by atoms with Gasteiger partial charge in [0.25, 0.3) is 0 Å². The standard InChI is InChI=1S/C35H29BO2.C35H21Br.C6H4BrI/c1-33(2)34(3,4)38-36(37-33)23-18-19-27-31(21-23)35(30-20-17-22-11-5-6-12-24(22)32(27)30)28-15-9-7-13-25(28)26-14-8-10-16-29(26)35;36-25-17-13-22(14-18-25)24-15-19-29-33(21-24)35(32-20-16-23-7-1-2-8-26(23)34(29)32)30-11-5-3-9-27(30)28-10-4-6-12-31(28)35;7-5-1-3-6(8)4-2-5/h5-21H,1-4H3;1-21H;1-4H. The van der Waals surface area contributed by atoms with Crippen LogP contribution in [0.3, 0.4) is 0 Å². The van der Waals surface area contributed by atoms with E-state index in [0.717, 1.165) is 14.4 Å². The lowest BCUT2D eigenvalue weighted by Gasteiger charge is -2.32. The zero-order valence-corrected chi connectivity index (χ0v) is 51.1. The Morgan fingerprint density at radius 1 is 0.329 bits per heavy atom. The van der Waals surface area contributed by atoms with Gasteiger partial charge in [0.2, 0.25) is 0 Å². The van der Waals surface area contributed by atoms with E-state index in [1.54, 1.807) is 0 Å². The highest BCUT2D eigenvalue weighted by Gasteiger charge is 2.56. The zero-order valence-electron chi connectivity index (χ0n) is 45.8. The molecule has 1 heterocycles. The van der Waals surface area contributed by atoms with Gasteiger partial charge in [0.15, 0.2) is 0 Å². The van der Waals surface area contributed by atoms with Gasteiger partial charge in [-0.15, -0.1) is 0 Å². The molecule has 12 aromatic rings. The third-order valence-corrected chi connectivity index (χ3v) is 20.3. The van der Waals surface area contributed by atoms with Gasteiger partial charge in [0.05, 0.1) is 22.0 Å². The summed E-state index contributed by atoms with van der Waals surface area (Å²) in [5.74, 6) is 0. The van der Waals surface area contributed by atoms with Crippen molar-refractivity contribution in [1.29, 1.82) is 0 Å². The van der Waals surface area contributed by atoms with Crippen LogP contribution >= 0.6 is 54.5 Å². The van der Waals surface area contributed by atoms with E-state index in [0.29, 0.717) is 0 Å². The predicted molar refractivity (Wildman–Crippen MR) is 356 cm³/mol. The van der Waals surface area contributed by atoms with Crippen LogP contribution in [0.15, 0.2) is 264 Å². The van der Waals surface area contributed by atoms with Gasteiger partial charge in [-0.1, -0.05) is 244 Å². The van der Waals surface area contributed by atoms with Crippen molar-refractivity contribution < 1.29 is 9.31 Å². The van der Waals surface area contributed by atoms with E-state index >= 15 is 0 Å².